The van der Waals surface area contributed by atoms with Crippen LogP contribution in [0.25, 0.3) is 11.1 Å². The van der Waals surface area contributed by atoms with Crippen molar-refractivity contribution in [2.75, 3.05) is 5.73 Å². The Balaban J connectivity index is 2.44. The SMILES string of the molecule is Nc1[c]c(-c2ccnc(CF)c2)ccc1. The zero-order valence-corrected chi connectivity index (χ0v) is 8.07. The fourth-order valence-corrected chi connectivity index (χ4v) is 1.37. The molecule has 1 aromatic heterocycles. The summed E-state index contributed by atoms with van der Waals surface area (Å²) < 4.78 is 12.4. The lowest BCUT2D eigenvalue weighted by molar-refractivity contribution is 0.476. The quantitative estimate of drug-likeness (QED) is 0.758. The molecule has 0 spiro atoms. The van der Waals surface area contributed by atoms with Crippen molar-refractivity contribution in [2.45, 2.75) is 6.67 Å². The summed E-state index contributed by atoms with van der Waals surface area (Å²) in [5, 5.41) is 0. The summed E-state index contributed by atoms with van der Waals surface area (Å²) in [5.74, 6) is 0. The van der Waals surface area contributed by atoms with E-state index in [2.05, 4.69) is 11.1 Å². The maximum atomic E-state index is 12.4. The van der Waals surface area contributed by atoms with E-state index < -0.39 is 6.67 Å². The number of halogens is 1. The van der Waals surface area contributed by atoms with Gasteiger partial charge in [-0.15, -0.1) is 0 Å². The van der Waals surface area contributed by atoms with Crippen LogP contribution in [0.4, 0.5) is 10.1 Å². The number of nitrogens with zero attached hydrogens (tertiary/aromatic N) is 1. The van der Waals surface area contributed by atoms with Gasteiger partial charge in [-0.25, -0.2) is 4.39 Å². The number of nitrogens with two attached hydrogens (primary N) is 1. The predicted octanol–water partition coefficient (Wildman–Crippen LogP) is 2.60. The Bertz CT molecular complexity index is 469. The lowest BCUT2D eigenvalue weighted by Gasteiger charge is -2.02. The number of pyridine rings is 1. The van der Waals surface area contributed by atoms with Crippen molar-refractivity contribution in [2.24, 2.45) is 0 Å². The van der Waals surface area contributed by atoms with Crippen LogP contribution in [0.15, 0.2) is 36.5 Å². The van der Waals surface area contributed by atoms with Crippen LogP contribution in [0, 0.1) is 6.07 Å². The summed E-state index contributed by atoms with van der Waals surface area (Å²) in [6.45, 7) is -0.559. The van der Waals surface area contributed by atoms with Gasteiger partial charge < -0.3 is 5.73 Å². The summed E-state index contributed by atoms with van der Waals surface area (Å²) in [6.07, 6.45) is 1.58. The van der Waals surface area contributed by atoms with E-state index in [0.29, 0.717) is 11.4 Å². The molecule has 3 heteroatoms. The molecule has 0 bridgehead atoms. The van der Waals surface area contributed by atoms with E-state index in [1.165, 1.54) is 0 Å². The van der Waals surface area contributed by atoms with Crippen LogP contribution < -0.4 is 5.73 Å². The first-order valence-corrected chi connectivity index (χ1v) is 4.58. The predicted molar refractivity (Wildman–Crippen MR) is 57.7 cm³/mol. The van der Waals surface area contributed by atoms with Crippen molar-refractivity contribution < 1.29 is 4.39 Å². The molecule has 0 saturated carbocycles. The molecule has 2 nitrogen and oxygen atoms in total. The molecule has 0 fully saturated rings. The average molecular weight is 201 g/mol. The minimum atomic E-state index is -0.559. The number of nitrogen functional groups attached to an aromatic ring is 1. The number of benzene rings is 1. The summed E-state index contributed by atoms with van der Waals surface area (Å²) in [7, 11) is 0. The Hall–Kier alpha value is -1.90. The minimum Gasteiger partial charge on any atom is -0.398 e. The van der Waals surface area contributed by atoms with Crippen molar-refractivity contribution >= 4 is 5.69 Å². The van der Waals surface area contributed by atoms with Crippen molar-refractivity contribution in [3.63, 3.8) is 0 Å². The van der Waals surface area contributed by atoms with E-state index >= 15 is 0 Å². The molecular formula is C12H10FN2. The van der Waals surface area contributed by atoms with Crippen LogP contribution in [-0.4, -0.2) is 4.98 Å². The summed E-state index contributed by atoms with van der Waals surface area (Å²) >= 11 is 0. The van der Waals surface area contributed by atoms with Crippen LogP contribution in [-0.2, 0) is 6.67 Å². The second-order valence-corrected chi connectivity index (χ2v) is 3.19. The zero-order chi connectivity index (χ0) is 10.7. The average Bonchev–Trinajstić information content (AvgIpc) is 2.29. The highest BCUT2D eigenvalue weighted by atomic mass is 19.1. The smallest absolute Gasteiger partial charge is 0.131 e. The third kappa shape index (κ3) is 2.13. The fourth-order valence-electron chi connectivity index (χ4n) is 1.37. The van der Waals surface area contributed by atoms with Crippen LogP contribution in [0.5, 0.6) is 0 Å². The maximum Gasteiger partial charge on any atom is 0.131 e. The van der Waals surface area contributed by atoms with E-state index in [4.69, 9.17) is 5.73 Å². The van der Waals surface area contributed by atoms with E-state index in [9.17, 15) is 4.39 Å². The van der Waals surface area contributed by atoms with Gasteiger partial charge in [-0.1, -0.05) is 12.1 Å². The molecule has 0 aliphatic carbocycles. The largest absolute Gasteiger partial charge is 0.398 e. The molecular weight excluding hydrogens is 191 g/mol. The van der Waals surface area contributed by atoms with Gasteiger partial charge in [0.05, 0.1) is 5.69 Å². The topological polar surface area (TPSA) is 38.9 Å². The Kier molecular flexibility index (Phi) is 2.63. The second kappa shape index (κ2) is 4.09. The highest BCUT2D eigenvalue weighted by Crippen LogP contribution is 2.20. The second-order valence-electron chi connectivity index (χ2n) is 3.19. The van der Waals surface area contributed by atoms with Gasteiger partial charge in [-0.2, -0.15) is 0 Å². The van der Waals surface area contributed by atoms with Crippen LogP contribution >= 0.6 is 0 Å². The van der Waals surface area contributed by atoms with E-state index in [1.54, 1.807) is 18.3 Å². The lowest BCUT2D eigenvalue weighted by atomic mass is 10.1. The molecule has 0 atom stereocenters. The molecule has 2 aromatic rings. The molecule has 2 rings (SSSR count). The lowest BCUT2D eigenvalue weighted by Crippen LogP contribution is -1.89. The Labute approximate surface area is 87.6 Å². The van der Waals surface area contributed by atoms with Crippen LogP contribution in [0.2, 0.25) is 0 Å². The van der Waals surface area contributed by atoms with Gasteiger partial charge >= 0.3 is 0 Å². The van der Waals surface area contributed by atoms with E-state index in [-0.39, 0.29) is 0 Å². The number of hydrogen-bond donors (Lipinski definition) is 1. The van der Waals surface area contributed by atoms with Crippen molar-refractivity contribution in [3.8, 4) is 11.1 Å². The Morgan fingerprint density at radius 3 is 2.93 bits per heavy atom. The van der Waals surface area contributed by atoms with Crippen molar-refractivity contribution in [1.82, 2.24) is 4.98 Å². The first kappa shape index (κ1) is 9.65. The van der Waals surface area contributed by atoms with Crippen LogP contribution in [0.3, 0.4) is 0 Å². The van der Waals surface area contributed by atoms with Gasteiger partial charge in [0.1, 0.15) is 6.67 Å². The summed E-state index contributed by atoms with van der Waals surface area (Å²) in [4.78, 5) is 3.89. The van der Waals surface area contributed by atoms with Crippen molar-refractivity contribution in [1.29, 1.82) is 0 Å². The molecule has 0 aliphatic heterocycles. The third-order valence-electron chi connectivity index (χ3n) is 2.08. The van der Waals surface area contributed by atoms with Gasteiger partial charge in [0.2, 0.25) is 0 Å². The molecule has 1 heterocycles. The van der Waals surface area contributed by atoms with Gasteiger partial charge in [-0.3, -0.25) is 4.98 Å². The zero-order valence-electron chi connectivity index (χ0n) is 8.07. The molecule has 15 heavy (non-hydrogen) atoms. The third-order valence-corrected chi connectivity index (χ3v) is 2.08. The first-order valence-electron chi connectivity index (χ1n) is 4.58. The minimum absolute atomic E-state index is 0.420. The normalized spacial score (nSPS) is 10.2. The molecule has 2 N–H and O–H groups in total. The molecule has 1 aromatic carbocycles. The first-order chi connectivity index (χ1) is 7.29. The Morgan fingerprint density at radius 2 is 2.20 bits per heavy atom. The number of rotatable bonds is 2. The maximum absolute atomic E-state index is 12.4. The number of anilines is 1. The van der Waals surface area contributed by atoms with Gasteiger partial charge in [0.15, 0.2) is 0 Å². The molecule has 0 unspecified atom stereocenters. The highest BCUT2D eigenvalue weighted by Gasteiger charge is 2.00. The van der Waals surface area contributed by atoms with Crippen LogP contribution in [0.1, 0.15) is 5.69 Å². The molecule has 0 amide bonds. The van der Waals surface area contributed by atoms with E-state index in [0.717, 1.165) is 11.1 Å². The van der Waals surface area contributed by atoms with Gasteiger partial charge in [0, 0.05) is 18.0 Å². The highest BCUT2D eigenvalue weighted by molar-refractivity contribution is 5.66. The Morgan fingerprint density at radius 1 is 1.33 bits per heavy atom. The number of aromatic nitrogens is 1. The molecule has 1 radical (unpaired) electrons. The van der Waals surface area contributed by atoms with Gasteiger partial charge in [0.25, 0.3) is 0 Å². The summed E-state index contributed by atoms with van der Waals surface area (Å²) in [6, 6.07) is 12.0. The summed E-state index contributed by atoms with van der Waals surface area (Å²) in [5.41, 5.74) is 8.35. The number of alkyl halides is 1. The van der Waals surface area contributed by atoms with E-state index in [1.807, 2.05) is 18.2 Å². The molecule has 0 aliphatic rings. The monoisotopic (exact) mass is 201 g/mol. The van der Waals surface area contributed by atoms with Gasteiger partial charge in [-0.05, 0) is 29.3 Å². The fraction of sp³-hybridized carbons (Fsp3) is 0.0833. The standard InChI is InChI=1S/C12H10FN2/c13-8-12-7-10(4-5-15-12)9-2-1-3-11(14)6-9/h1-5,7H,8,14H2. The van der Waals surface area contributed by atoms with Crippen molar-refractivity contribution in [3.05, 3.63) is 48.3 Å². The molecule has 0 saturated heterocycles. The molecule has 75 valence electrons. The number of hydrogen-bond acceptors (Lipinski definition) is 2.